The predicted octanol–water partition coefficient (Wildman–Crippen LogP) is 3.77. The number of methoxy groups -OCH3 is 2. The molecular weight excluding hydrogens is 334 g/mol. The second-order valence-corrected chi connectivity index (χ2v) is 7.15. The van der Waals surface area contributed by atoms with Crippen LogP contribution >= 0.6 is 0 Å². The average molecular weight is 359 g/mol. The van der Waals surface area contributed by atoms with Crippen molar-refractivity contribution in [2.24, 2.45) is 0 Å². The Hall–Kier alpha value is -2.27. The summed E-state index contributed by atoms with van der Waals surface area (Å²) in [5.74, 6) is 1.46. The van der Waals surface area contributed by atoms with Crippen LogP contribution in [0.5, 0.6) is 11.5 Å². The van der Waals surface area contributed by atoms with Crippen LogP contribution in [-0.2, 0) is 17.2 Å². The molecule has 0 aliphatic rings. The molecule has 0 bridgehead atoms. The number of aryl methyl sites for hydroxylation is 1. The summed E-state index contributed by atoms with van der Waals surface area (Å²) in [6.07, 6.45) is 2.73. The number of hydrogen-bond acceptors (Lipinski definition) is 4. The monoisotopic (exact) mass is 359 g/mol. The van der Waals surface area contributed by atoms with Gasteiger partial charge in [0.15, 0.2) is 11.5 Å². The summed E-state index contributed by atoms with van der Waals surface area (Å²) in [4.78, 5) is 2.85. The van der Waals surface area contributed by atoms with Crippen molar-refractivity contribution in [3.63, 3.8) is 0 Å². The summed E-state index contributed by atoms with van der Waals surface area (Å²) in [6.45, 7) is 2.83. The lowest BCUT2D eigenvalue weighted by Crippen LogP contribution is -2.14. The Morgan fingerprint density at radius 1 is 1.04 bits per heavy atom. The molecule has 0 N–H and O–H groups in total. The normalized spacial score (nSPS) is 12.2. The maximum Gasteiger partial charge on any atom is 0.160 e. The molecule has 0 radical (unpaired) electrons. The average Bonchev–Trinajstić information content (AvgIpc) is 2.64. The van der Waals surface area contributed by atoms with Gasteiger partial charge in [-0.1, -0.05) is 23.8 Å². The van der Waals surface area contributed by atoms with Crippen LogP contribution < -0.4 is 9.47 Å². The second kappa shape index (κ2) is 9.28. The highest BCUT2D eigenvalue weighted by Gasteiger charge is 2.05. The van der Waals surface area contributed by atoms with Crippen molar-refractivity contribution in [2.75, 3.05) is 27.8 Å². The van der Waals surface area contributed by atoms with Gasteiger partial charge in [0.1, 0.15) is 0 Å². The third-order valence-corrected chi connectivity index (χ3v) is 5.00. The van der Waals surface area contributed by atoms with Crippen LogP contribution in [0.25, 0.3) is 0 Å². The van der Waals surface area contributed by atoms with Crippen LogP contribution in [0.4, 0.5) is 0 Å². The van der Waals surface area contributed by atoms with E-state index in [0.29, 0.717) is 0 Å². The van der Waals surface area contributed by atoms with Gasteiger partial charge in [-0.05, 0) is 43.2 Å². The zero-order valence-electron chi connectivity index (χ0n) is 15.2. The first-order valence-corrected chi connectivity index (χ1v) is 9.31. The van der Waals surface area contributed by atoms with Crippen molar-refractivity contribution in [3.05, 3.63) is 65.2 Å². The van der Waals surface area contributed by atoms with E-state index >= 15 is 0 Å². The van der Waals surface area contributed by atoms with E-state index in [9.17, 15) is 4.21 Å². The molecule has 0 aliphatic carbocycles. The fourth-order valence-electron chi connectivity index (χ4n) is 2.33. The molecule has 5 heteroatoms. The minimum Gasteiger partial charge on any atom is -0.493 e. The Morgan fingerprint density at radius 3 is 2.36 bits per heavy atom. The fraction of sp³-hybridized carbons (Fsp3) is 0.300. The lowest BCUT2D eigenvalue weighted by Gasteiger charge is -2.15. The van der Waals surface area contributed by atoms with E-state index in [0.717, 1.165) is 40.5 Å². The van der Waals surface area contributed by atoms with Gasteiger partial charge in [-0.2, -0.15) is 0 Å². The van der Waals surface area contributed by atoms with Crippen molar-refractivity contribution < 1.29 is 13.7 Å². The topological polar surface area (TPSA) is 38.8 Å². The van der Waals surface area contributed by atoms with Gasteiger partial charge < -0.3 is 14.4 Å². The van der Waals surface area contributed by atoms with Crippen LogP contribution in [0, 0.1) is 6.92 Å². The Kier molecular flexibility index (Phi) is 7.07. The number of rotatable bonds is 8. The van der Waals surface area contributed by atoms with Crippen LogP contribution in [0.15, 0.2) is 59.0 Å². The molecule has 0 unspecified atom stereocenters. The molecule has 0 heterocycles. The third kappa shape index (κ3) is 5.64. The third-order valence-electron chi connectivity index (χ3n) is 3.89. The molecule has 0 aromatic heterocycles. The molecule has 2 aromatic rings. The number of ether oxygens (including phenoxy) is 2. The van der Waals surface area contributed by atoms with E-state index in [1.807, 2.05) is 67.5 Å². The minimum absolute atomic E-state index is 0.730. The highest BCUT2D eigenvalue weighted by molar-refractivity contribution is 7.88. The molecular formula is C20H25NO3S. The van der Waals surface area contributed by atoms with Gasteiger partial charge in [-0.15, -0.1) is 0 Å². The SMILES string of the molecule is COc1ccc(CCN(C)/C=C\[S@@](=O)c2ccc(C)cc2)cc1OC. The standard InChI is InChI=1S/C20H25NO3S/c1-16-5-8-18(9-6-16)25(22)14-13-21(2)12-11-17-7-10-19(23-3)20(15-17)24-4/h5-10,13-15H,11-12H2,1-4H3/b14-13-/t25-/m1/s1. The maximum absolute atomic E-state index is 12.3. The number of benzene rings is 2. The maximum atomic E-state index is 12.3. The number of likely N-dealkylation sites (N-methyl/N-ethyl adjacent to an activating group) is 1. The lowest BCUT2D eigenvalue weighted by molar-refractivity contribution is 0.354. The second-order valence-electron chi connectivity index (χ2n) is 5.82. The van der Waals surface area contributed by atoms with Crippen LogP contribution in [0.2, 0.25) is 0 Å². The largest absolute Gasteiger partial charge is 0.493 e. The van der Waals surface area contributed by atoms with Crippen LogP contribution in [-0.4, -0.2) is 36.9 Å². The predicted molar refractivity (Wildman–Crippen MR) is 103 cm³/mol. The summed E-state index contributed by atoms with van der Waals surface area (Å²) in [5.41, 5.74) is 2.33. The summed E-state index contributed by atoms with van der Waals surface area (Å²) >= 11 is 0. The molecule has 0 amide bonds. The first-order valence-electron chi connectivity index (χ1n) is 8.10. The molecule has 134 valence electrons. The Morgan fingerprint density at radius 2 is 1.72 bits per heavy atom. The first kappa shape index (κ1) is 19.1. The zero-order valence-corrected chi connectivity index (χ0v) is 16.0. The number of hydrogen-bond donors (Lipinski definition) is 0. The van der Waals surface area contributed by atoms with Gasteiger partial charge in [-0.3, -0.25) is 0 Å². The minimum atomic E-state index is -1.13. The summed E-state index contributed by atoms with van der Waals surface area (Å²) in [7, 11) is 4.11. The molecule has 0 saturated heterocycles. The molecule has 1 atom stereocenters. The number of nitrogens with zero attached hydrogens (tertiary/aromatic N) is 1. The first-order chi connectivity index (χ1) is 12.0. The zero-order chi connectivity index (χ0) is 18.2. The lowest BCUT2D eigenvalue weighted by atomic mass is 10.1. The molecule has 0 fully saturated rings. The highest BCUT2D eigenvalue weighted by Crippen LogP contribution is 2.27. The van der Waals surface area contributed by atoms with Crippen LogP contribution in [0.3, 0.4) is 0 Å². The summed E-state index contributed by atoms with van der Waals surface area (Å²) in [5, 5.41) is 1.72. The fourth-order valence-corrected chi connectivity index (χ4v) is 3.21. The van der Waals surface area contributed by atoms with Gasteiger partial charge in [0.05, 0.1) is 25.0 Å². The Labute approximate surface area is 152 Å². The van der Waals surface area contributed by atoms with E-state index in [1.54, 1.807) is 19.6 Å². The van der Waals surface area contributed by atoms with Crippen molar-refractivity contribution in [2.45, 2.75) is 18.2 Å². The van der Waals surface area contributed by atoms with Gasteiger partial charge in [0.2, 0.25) is 0 Å². The van der Waals surface area contributed by atoms with E-state index in [-0.39, 0.29) is 0 Å². The molecule has 25 heavy (non-hydrogen) atoms. The van der Waals surface area contributed by atoms with Gasteiger partial charge in [-0.25, -0.2) is 4.21 Å². The highest BCUT2D eigenvalue weighted by atomic mass is 32.2. The summed E-state index contributed by atoms with van der Waals surface area (Å²) in [6, 6.07) is 13.7. The van der Waals surface area contributed by atoms with Gasteiger partial charge in [0.25, 0.3) is 0 Å². The molecule has 2 aromatic carbocycles. The molecule has 0 spiro atoms. The van der Waals surface area contributed by atoms with E-state index in [4.69, 9.17) is 9.47 Å². The molecule has 2 rings (SSSR count). The van der Waals surface area contributed by atoms with E-state index < -0.39 is 10.8 Å². The Bertz CT molecular complexity index is 741. The van der Waals surface area contributed by atoms with Gasteiger partial charge in [0, 0.05) is 30.1 Å². The Balaban J connectivity index is 1.90. The molecule has 4 nitrogen and oxygen atoms in total. The van der Waals surface area contributed by atoms with Crippen molar-refractivity contribution >= 4 is 10.8 Å². The molecule has 0 aliphatic heterocycles. The van der Waals surface area contributed by atoms with Crippen molar-refractivity contribution in [1.29, 1.82) is 0 Å². The van der Waals surface area contributed by atoms with E-state index in [2.05, 4.69) is 0 Å². The van der Waals surface area contributed by atoms with E-state index in [1.165, 1.54) is 0 Å². The van der Waals surface area contributed by atoms with Gasteiger partial charge >= 0.3 is 0 Å². The molecule has 0 saturated carbocycles. The quantitative estimate of drug-likeness (QED) is 0.719. The van der Waals surface area contributed by atoms with Crippen molar-refractivity contribution in [1.82, 2.24) is 4.90 Å². The summed E-state index contributed by atoms with van der Waals surface area (Å²) < 4.78 is 22.8. The van der Waals surface area contributed by atoms with Crippen LogP contribution in [0.1, 0.15) is 11.1 Å². The smallest absolute Gasteiger partial charge is 0.160 e. The van der Waals surface area contributed by atoms with Crippen molar-refractivity contribution in [3.8, 4) is 11.5 Å².